The van der Waals surface area contributed by atoms with E-state index in [4.69, 9.17) is 0 Å². The first kappa shape index (κ1) is 13.5. The average Bonchev–Trinajstić information content (AvgIpc) is 2.43. The van der Waals surface area contributed by atoms with E-state index in [0.29, 0.717) is 6.04 Å². The summed E-state index contributed by atoms with van der Waals surface area (Å²) >= 11 is 0. The standard InChI is InChI=1S/C15H24N2O/c1-16-11-14-9-5-6-10-17(14)15(12-18)13-7-3-2-4-8-13/h2-4,7-8,14-16,18H,5-6,9-12H2,1H3/t14-,15-/m0/s1. The van der Waals surface area contributed by atoms with Crippen LogP contribution in [0.25, 0.3) is 0 Å². The van der Waals surface area contributed by atoms with E-state index in [2.05, 4.69) is 34.5 Å². The Hall–Kier alpha value is -0.900. The van der Waals surface area contributed by atoms with Crippen molar-refractivity contribution in [2.24, 2.45) is 0 Å². The summed E-state index contributed by atoms with van der Waals surface area (Å²) in [6.07, 6.45) is 3.77. The molecule has 100 valence electrons. The Morgan fingerprint density at radius 1 is 1.33 bits per heavy atom. The fourth-order valence-electron chi connectivity index (χ4n) is 2.96. The first-order valence-electron chi connectivity index (χ1n) is 6.93. The molecule has 0 bridgehead atoms. The smallest absolute Gasteiger partial charge is 0.0628 e. The van der Waals surface area contributed by atoms with Gasteiger partial charge in [-0.2, -0.15) is 0 Å². The van der Waals surface area contributed by atoms with Crippen molar-refractivity contribution in [1.29, 1.82) is 0 Å². The molecule has 1 aromatic rings. The van der Waals surface area contributed by atoms with Crippen LogP contribution in [0.15, 0.2) is 30.3 Å². The number of piperidine rings is 1. The molecular weight excluding hydrogens is 224 g/mol. The van der Waals surface area contributed by atoms with Crippen LogP contribution in [0.1, 0.15) is 30.9 Å². The van der Waals surface area contributed by atoms with E-state index < -0.39 is 0 Å². The molecule has 1 heterocycles. The highest BCUT2D eigenvalue weighted by molar-refractivity contribution is 5.19. The predicted octanol–water partition coefficient (Wildman–Crippen LogP) is 1.79. The van der Waals surface area contributed by atoms with E-state index in [1.165, 1.54) is 24.8 Å². The monoisotopic (exact) mass is 248 g/mol. The van der Waals surface area contributed by atoms with Crippen molar-refractivity contribution in [3.05, 3.63) is 35.9 Å². The molecule has 0 radical (unpaired) electrons. The van der Waals surface area contributed by atoms with Crippen LogP contribution in [-0.4, -0.2) is 42.8 Å². The minimum absolute atomic E-state index is 0.143. The Morgan fingerprint density at radius 2 is 2.11 bits per heavy atom. The minimum atomic E-state index is 0.143. The quantitative estimate of drug-likeness (QED) is 0.834. The zero-order valence-electron chi connectivity index (χ0n) is 11.2. The van der Waals surface area contributed by atoms with E-state index in [-0.39, 0.29) is 12.6 Å². The molecule has 0 saturated carbocycles. The van der Waals surface area contributed by atoms with E-state index in [9.17, 15) is 5.11 Å². The molecule has 1 aliphatic heterocycles. The number of aliphatic hydroxyl groups is 1. The molecule has 1 aliphatic rings. The largest absolute Gasteiger partial charge is 0.394 e. The van der Waals surface area contributed by atoms with Crippen LogP contribution in [0.3, 0.4) is 0 Å². The van der Waals surface area contributed by atoms with Gasteiger partial charge in [-0.1, -0.05) is 36.8 Å². The Morgan fingerprint density at radius 3 is 2.78 bits per heavy atom. The van der Waals surface area contributed by atoms with Crippen molar-refractivity contribution < 1.29 is 5.11 Å². The van der Waals surface area contributed by atoms with Crippen LogP contribution in [0, 0.1) is 0 Å². The molecule has 18 heavy (non-hydrogen) atoms. The number of rotatable bonds is 5. The van der Waals surface area contributed by atoms with Gasteiger partial charge in [0.05, 0.1) is 12.6 Å². The second kappa shape index (κ2) is 6.88. The molecule has 1 fully saturated rings. The number of benzene rings is 1. The number of nitrogens with one attached hydrogen (secondary N) is 1. The van der Waals surface area contributed by atoms with Crippen molar-refractivity contribution in [3.63, 3.8) is 0 Å². The number of hydrogen-bond acceptors (Lipinski definition) is 3. The average molecular weight is 248 g/mol. The summed E-state index contributed by atoms with van der Waals surface area (Å²) in [5, 5.41) is 13.0. The second-order valence-electron chi connectivity index (χ2n) is 5.05. The van der Waals surface area contributed by atoms with Crippen LogP contribution >= 0.6 is 0 Å². The van der Waals surface area contributed by atoms with Gasteiger partial charge in [-0.25, -0.2) is 0 Å². The highest BCUT2D eigenvalue weighted by Gasteiger charge is 2.28. The lowest BCUT2D eigenvalue weighted by Gasteiger charge is -2.40. The SMILES string of the molecule is CNC[C@@H]1CCCCN1[C@@H](CO)c1ccccc1. The summed E-state index contributed by atoms with van der Waals surface area (Å²) in [6.45, 7) is 2.29. The lowest BCUT2D eigenvalue weighted by atomic mass is 9.96. The van der Waals surface area contributed by atoms with Gasteiger partial charge in [-0.3, -0.25) is 4.90 Å². The summed E-state index contributed by atoms with van der Waals surface area (Å²) in [4.78, 5) is 2.47. The molecule has 0 aliphatic carbocycles. The van der Waals surface area contributed by atoms with Gasteiger partial charge in [0.2, 0.25) is 0 Å². The number of nitrogens with zero attached hydrogens (tertiary/aromatic N) is 1. The number of hydrogen-bond donors (Lipinski definition) is 2. The van der Waals surface area contributed by atoms with Gasteiger partial charge < -0.3 is 10.4 Å². The fourth-order valence-corrected chi connectivity index (χ4v) is 2.96. The fraction of sp³-hybridized carbons (Fsp3) is 0.600. The lowest BCUT2D eigenvalue weighted by Crippen LogP contribution is -2.47. The molecule has 1 saturated heterocycles. The van der Waals surface area contributed by atoms with Gasteiger partial charge >= 0.3 is 0 Å². The highest BCUT2D eigenvalue weighted by atomic mass is 16.3. The molecule has 2 N–H and O–H groups in total. The zero-order chi connectivity index (χ0) is 12.8. The Kier molecular flexibility index (Phi) is 5.17. The summed E-state index contributed by atoms with van der Waals surface area (Å²) < 4.78 is 0. The van der Waals surface area contributed by atoms with Gasteiger partial charge in [0, 0.05) is 12.6 Å². The summed E-state index contributed by atoms with van der Waals surface area (Å²) in [5.74, 6) is 0. The van der Waals surface area contributed by atoms with Gasteiger partial charge in [0.1, 0.15) is 0 Å². The molecule has 2 atom stereocenters. The van der Waals surface area contributed by atoms with E-state index in [0.717, 1.165) is 13.1 Å². The molecule has 3 heteroatoms. The number of aliphatic hydroxyl groups excluding tert-OH is 1. The van der Waals surface area contributed by atoms with Crippen LogP contribution in [0.5, 0.6) is 0 Å². The molecule has 0 amide bonds. The van der Waals surface area contributed by atoms with Crippen molar-refractivity contribution in [3.8, 4) is 0 Å². The van der Waals surface area contributed by atoms with Crippen LogP contribution in [-0.2, 0) is 0 Å². The maximum absolute atomic E-state index is 9.76. The summed E-state index contributed by atoms with van der Waals surface area (Å²) in [5.41, 5.74) is 1.23. The first-order valence-corrected chi connectivity index (χ1v) is 6.93. The molecule has 1 aromatic carbocycles. The Balaban J connectivity index is 2.14. The van der Waals surface area contributed by atoms with Crippen LogP contribution < -0.4 is 5.32 Å². The van der Waals surface area contributed by atoms with E-state index in [1.54, 1.807) is 0 Å². The van der Waals surface area contributed by atoms with Crippen LogP contribution in [0.2, 0.25) is 0 Å². The van der Waals surface area contributed by atoms with Crippen molar-refractivity contribution >= 4 is 0 Å². The third-order valence-corrected chi connectivity index (χ3v) is 3.87. The Bertz CT molecular complexity index is 340. The predicted molar refractivity (Wildman–Crippen MR) is 74.5 cm³/mol. The minimum Gasteiger partial charge on any atom is -0.394 e. The number of likely N-dealkylation sites (tertiary alicyclic amines) is 1. The summed E-state index contributed by atoms with van der Waals surface area (Å²) in [6, 6.07) is 11.0. The third kappa shape index (κ3) is 3.10. The third-order valence-electron chi connectivity index (χ3n) is 3.87. The van der Waals surface area contributed by atoms with Crippen molar-refractivity contribution in [1.82, 2.24) is 10.2 Å². The highest BCUT2D eigenvalue weighted by Crippen LogP contribution is 2.28. The van der Waals surface area contributed by atoms with Gasteiger partial charge in [-0.15, -0.1) is 0 Å². The van der Waals surface area contributed by atoms with Gasteiger partial charge in [0.15, 0.2) is 0 Å². The topological polar surface area (TPSA) is 35.5 Å². The number of likely N-dealkylation sites (N-methyl/N-ethyl adjacent to an activating group) is 1. The Labute approximate surface area is 110 Å². The molecule has 0 aromatic heterocycles. The molecule has 0 spiro atoms. The molecular formula is C15H24N2O. The van der Waals surface area contributed by atoms with Crippen molar-refractivity contribution in [2.75, 3.05) is 26.7 Å². The normalized spacial score (nSPS) is 22.9. The maximum Gasteiger partial charge on any atom is 0.0628 e. The zero-order valence-corrected chi connectivity index (χ0v) is 11.2. The second-order valence-corrected chi connectivity index (χ2v) is 5.05. The van der Waals surface area contributed by atoms with E-state index >= 15 is 0 Å². The summed E-state index contributed by atoms with van der Waals surface area (Å²) in [7, 11) is 2.00. The molecule has 2 rings (SSSR count). The molecule has 0 unspecified atom stereocenters. The lowest BCUT2D eigenvalue weighted by molar-refractivity contribution is 0.0570. The van der Waals surface area contributed by atoms with Crippen molar-refractivity contribution in [2.45, 2.75) is 31.3 Å². The maximum atomic E-state index is 9.76. The van der Waals surface area contributed by atoms with Gasteiger partial charge in [-0.05, 0) is 32.0 Å². The van der Waals surface area contributed by atoms with Gasteiger partial charge in [0.25, 0.3) is 0 Å². The van der Waals surface area contributed by atoms with E-state index in [1.807, 2.05) is 13.1 Å². The van der Waals surface area contributed by atoms with Crippen LogP contribution in [0.4, 0.5) is 0 Å². The molecule has 3 nitrogen and oxygen atoms in total. The first-order chi connectivity index (χ1) is 8.86.